The first-order valence-corrected chi connectivity index (χ1v) is 19.1. The Labute approximate surface area is 276 Å². The minimum atomic E-state index is -2.13. The highest BCUT2D eigenvalue weighted by Gasteiger charge is 2.49. The van der Waals surface area contributed by atoms with E-state index in [1.807, 2.05) is 24.3 Å². The van der Waals surface area contributed by atoms with Crippen LogP contribution in [-0.2, 0) is 0 Å². The van der Waals surface area contributed by atoms with Gasteiger partial charge >= 0.3 is 6.09 Å². The zero-order valence-corrected chi connectivity index (χ0v) is 28.9. The summed E-state index contributed by atoms with van der Waals surface area (Å²) < 4.78 is 22.2. The molecule has 3 aliphatic heterocycles. The number of carboxylic acid groups (broad SMARTS) is 1. The molecule has 2 aromatic heterocycles. The summed E-state index contributed by atoms with van der Waals surface area (Å²) in [5.74, 6) is 4.24. The summed E-state index contributed by atoms with van der Waals surface area (Å²) in [4.78, 5) is 30.5. The highest BCUT2D eigenvalue weighted by molar-refractivity contribution is 6.90. The lowest BCUT2D eigenvalue weighted by Crippen LogP contribution is -2.61. The van der Waals surface area contributed by atoms with Gasteiger partial charge in [-0.25, -0.2) is 24.1 Å². The molecule has 3 atom stereocenters. The molecule has 2 saturated heterocycles. The Bertz CT molecular complexity index is 1930. The van der Waals surface area contributed by atoms with Crippen molar-refractivity contribution in [1.29, 1.82) is 0 Å². The Morgan fingerprint density at radius 2 is 1.77 bits per heavy atom. The molecule has 2 bridgehead atoms. The van der Waals surface area contributed by atoms with Crippen LogP contribution in [0.25, 0.3) is 32.9 Å². The number of piperazine rings is 1. The largest absolute Gasteiger partial charge is 0.477 e. The van der Waals surface area contributed by atoms with Crippen molar-refractivity contribution in [3.63, 3.8) is 0 Å². The zero-order chi connectivity index (χ0) is 33.2. The molecule has 8 nitrogen and oxygen atoms in total. The SMILES string of the molecule is CC(C)[Si](C#Cc1c(F)ccc2cccc(-c3cc4ncnc5c4c(n3)OCCC3C4CCC(CN53)N4C(=O)O)c12)(C(C)C)C(C)C. The lowest BCUT2D eigenvalue weighted by atomic mass is 9.96. The summed E-state index contributed by atoms with van der Waals surface area (Å²) in [6.45, 7) is 14.5. The number of anilines is 1. The third-order valence-electron chi connectivity index (χ3n) is 11.1. The molecule has 4 aromatic rings. The molecular formula is C37H42FN5O3Si. The number of aromatic nitrogens is 3. The summed E-state index contributed by atoms with van der Waals surface area (Å²) in [6, 6.07) is 10.9. The molecule has 1 N–H and O–H groups in total. The number of amides is 1. The van der Waals surface area contributed by atoms with Gasteiger partial charge < -0.3 is 14.7 Å². The first kappa shape index (κ1) is 31.4. The maximum Gasteiger partial charge on any atom is 0.407 e. The lowest BCUT2D eigenvalue weighted by molar-refractivity contribution is 0.0956. The maximum atomic E-state index is 15.9. The first-order valence-electron chi connectivity index (χ1n) is 16.8. The van der Waals surface area contributed by atoms with Crippen LogP contribution >= 0.6 is 0 Å². The van der Waals surface area contributed by atoms with Gasteiger partial charge in [0.1, 0.15) is 31.4 Å². The molecule has 0 aliphatic carbocycles. The molecule has 1 amide bonds. The Kier molecular flexibility index (Phi) is 7.86. The number of nitrogens with zero attached hydrogens (tertiary/aromatic N) is 5. The van der Waals surface area contributed by atoms with Crippen LogP contribution in [0.15, 0.2) is 42.7 Å². The monoisotopic (exact) mass is 651 g/mol. The number of hydrogen-bond donors (Lipinski definition) is 1. The minimum absolute atomic E-state index is 0.0452. The van der Waals surface area contributed by atoms with Gasteiger partial charge in [0.15, 0.2) is 0 Å². The second-order valence-corrected chi connectivity index (χ2v) is 19.8. The maximum absolute atomic E-state index is 15.9. The number of pyridine rings is 1. The van der Waals surface area contributed by atoms with Crippen LogP contribution < -0.4 is 9.64 Å². The lowest BCUT2D eigenvalue weighted by Gasteiger charge is -2.47. The molecule has 47 heavy (non-hydrogen) atoms. The Morgan fingerprint density at radius 3 is 2.49 bits per heavy atom. The molecule has 5 heterocycles. The number of rotatable bonds is 4. The summed E-state index contributed by atoms with van der Waals surface area (Å²) in [6.07, 6.45) is 3.00. The molecule has 10 heteroatoms. The number of carbonyl (C=O) groups is 1. The van der Waals surface area contributed by atoms with Crippen molar-refractivity contribution in [2.75, 3.05) is 18.1 Å². The van der Waals surface area contributed by atoms with Gasteiger partial charge in [-0.15, -0.1) is 5.54 Å². The van der Waals surface area contributed by atoms with Crippen molar-refractivity contribution in [1.82, 2.24) is 19.9 Å². The number of ether oxygens (including phenoxy) is 1. The van der Waals surface area contributed by atoms with Crippen LogP contribution in [-0.4, -0.2) is 70.4 Å². The average Bonchev–Trinajstić information content (AvgIpc) is 3.36. The molecule has 0 spiro atoms. The van der Waals surface area contributed by atoms with E-state index < -0.39 is 14.2 Å². The Hall–Kier alpha value is -4.23. The Morgan fingerprint density at radius 1 is 1.00 bits per heavy atom. The molecule has 0 saturated carbocycles. The van der Waals surface area contributed by atoms with E-state index in [0.717, 1.165) is 40.4 Å². The molecule has 2 aromatic carbocycles. The number of fused-ring (bicyclic) bond motifs is 6. The quantitative estimate of drug-likeness (QED) is 0.176. The van der Waals surface area contributed by atoms with Gasteiger partial charge in [-0.1, -0.05) is 71.7 Å². The number of halogens is 1. The third-order valence-corrected chi connectivity index (χ3v) is 17.3. The fraction of sp³-hybridized carbons (Fsp3) is 0.459. The van der Waals surface area contributed by atoms with Gasteiger partial charge in [-0.05, 0) is 47.0 Å². The first-order chi connectivity index (χ1) is 22.5. The van der Waals surface area contributed by atoms with Gasteiger partial charge in [-0.2, -0.15) is 0 Å². The summed E-state index contributed by atoms with van der Waals surface area (Å²) >= 11 is 0. The predicted molar refractivity (Wildman–Crippen MR) is 186 cm³/mol. The number of hydrogen-bond acceptors (Lipinski definition) is 6. The van der Waals surface area contributed by atoms with Crippen LogP contribution in [0, 0.1) is 17.3 Å². The van der Waals surface area contributed by atoms with Crippen LogP contribution in [0.5, 0.6) is 5.88 Å². The molecule has 0 radical (unpaired) electrons. The third kappa shape index (κ3) is 4.93. The highest BCUT2D eigenvalue weighted by atomic mass is 28.3. The van der Waals surface area contributed by atoms with Crippen LogP contribution in [0.3, 0.4) is 0 Å². The molecule has 3 aliphatic rings. The van der Waals surface area contributed by atoms with E-state index in [2.05, 4.69) is 62.9 Å². The molecule has 2 fully saturated rings. The summed E-state index contributed by atoms with van der Waals surface area (Å²) in [7, 11) is -2.13. The predicted octanol–water partition coefficient (Wildman–Crippen LogP) is 8.04. The van der Waals surface area contributed by atoms with Gasteiger partial charge in [0, 0.05) is 23.9 Å². The van der Waals surface area contributed by atoms with E-state index in [1.54, 1.807) is 17.3 Å². The van der Waals surface area contributed by atoms with E-state index in [-0.39, 0.29) is 23.9 Å². The van der Waals surface area contributed by atoms with E-state index in [0.29, 0.717) is 58.9 Å². The van der Waals surface area contributed by atoms with E-state index >= 15 is 4.39 Å². The molecule has 3 unspecified atom stereocenters. The fourth-order valence-corrected chi connectivity index (χ4v) is 14.2. The van der Waals surface area contributed by atoms with Gasteiger partial charge in [-0.3, -0.25) is 4.90 Å². The van der Waals surface area contributed by atoms with E-state index in [9.17, 15) is 9.90 Å². The second kappa shape index (κ2) is 11.8. The van der Waals surface area contributed by atoms with Crippen LogP contribution in [0.1, 0.15) is 66.4 Å². The fourth-order valence-electron chi connectivity index (χ4n) is 8.99. The van der Waals surface area contributed by atoms with Gasteiger partial charge in [0.05, 0.1) is 41.5 Å². The zero-order valence-electron chi connectivity index (χ0n) is 27.9. The van der Waals surface area contributed by atoms with Crippen molar-refractivity contribution in [3.8, 4) is 28.6 Å². The van der Waals surface area contributed by atoms with Gasteiger partial charge in [0.2, 0.25) is 5.88 Å². The van der Waals surface area contributed by atoms with Crippen LogP contribution in [0.4, 0.5) is 15.0 Å². The van der Waals surface area contributed by atoms with Crippen molar-refractivity contribution in [2.45, 2.75) is 95.6 Å². The summed E-state index contributed by atoms with van der Waals surface area (Å²) in [5.41, 5.74) is 7.47. The van der Waals surface area contributed by atoms with Crippen molar-refractivity contribution in [2.24, 2.45) is 0 Å². The Balaban J connectivity index is 1.39. The molecular weight excluding hydrogens is 610 g/mol. The van der Waals surface area contributed by atoms with Crippen molar-refractivity contribution >= 4 is 41.7 Å². The standard InChI is InChI=1S/C37H42FN5O3Si/c1-21(2)47(22(3)4,23(5)6)17-15-26-28(38)12-10-24-8-7-9-27(33(24)26)29-18-30-34-35(40-20-39-30)42-19-25-11-13-32(43(25)37(44)45)31(42)14-16-46-36(34)41-29/h7-10,12,18,20-23,25,31-32H,11,13-14,16,19H2,1-6H3,(H,44,45). The van der Waals surface area contributed by atoms with Gasteiger partial charge in [0.25, 0.3) is 0 Å². The van der Waals surface area contributed by atoms with Crippen molar-refractivity contribution < 1.29 is 19.0 Å². The van der Waals surface area contributed by atoms with E-state index in [4.69, 9.17) is 14.7 Å². The molecule has 7 rings (SSSR count). The minimum Gasteiger partial charge on any atom is -0.477 e. The van der Waals surface area contributed by atoms with Crippen LogP contribution in [0.2, 0.25) is 16.6 Å². The number of benzene rings is 2. The van der Waals surface area contributed by atoms with Crippen molar-refractivity contribution in [3.05, 3.63) is 54.1 Å². The summed E-state index contributed by atoms with van der Waals surface area (Å²) in [5, 5.41) is 12.3. The normalized spacial score (nSPS) is 20.7. The molecule has 244 valence electrons. The smallest absolute Gasteiger partial charge is 0.407 e. The second-order valence-electron chi connectivity index (χ2n) is 14.2. The average molecular weight is 652 g/mol. The topological polar surface area (TPSA) is 91.7 Å². The highest BCUT2D eigenvalue weighted by Crippen LogP contribution is 2.44. The van der Waals surface area contributed by atoms with E-state index in [1.165, 1.54) is 6.07 Å².